The van der Waals surface area contributed by atoms with Crippen LogP contribution in [-0.2, 0) is 13.0 Å². The van der Waals surface area contributed by atoms with E-state index in [0.717, 1.165) is 33.2 Å². The molecule has 0 radical (unpaired) electrons. The summed E-state index contributed by atoms with van der Waals surface area (Å²) in [4.78, 5) is 4.46. The third-order valence-electron chi connectivity index (χ3n) is 3.33. The standard InChI is InChI=1S/C15H12BrCl2N3/c1-2-13-15-14(6-9(16)7-19-15)21(20-13)8-10-11(17)4-3-5-12(10)18/h3-7H,2,8H2,1H3. The molecule has 0 spiro atoms. The van der Waals surface area contributed by atoms with Crippen molar-refractivity contribution in [3.8, 4) is 0 Å². The molecular formula is C15H12BrCl2N3. The fraction of sp³-hybridized carbons (Fsp3) is 0.200. The summed E-state index contributed by atoms with van der Waals surface area (Å²) in [7, 11) is 0. The molecule has 0 N–H and O–H groups in total. The van der Waals surface area contributed by atoms with Gasteiger partial charge in [0.15, 0.2) is 0 Å². The first-order valence-electron chi connectivity index (χ1n) is 6.54. The van der Waals surface area contributed by atoms with E-state index in [2.05, 4.69) is 32.9 Å². The lowest BCUT2D eigenvalue weighted by Crippen LogP contribution is -2.03. The Morgan fingerprint density at radius 2 is 1.95 bits per heavy atom. The van der Waals surface area contributed by atoms with Gasteiger partial charge in [0, 0.05) is 26.3 Å². The van der Waals surface area contributed by atoms with Crippen molar-refractivity contribution in [2.75, 3.05) is 0 Å². The molecule has 0 bridgehead atoms. The summed E-state index contributed by atoms with van der Waals surface area (Å²) in [6, 6.07) is 7.52. The first-order valence-corrected chi connectivity index (χ1v) is 8.09. The topological polar surface area (TPSA) is 30.7 Å². The number of pyridine rings is 1. The van der Waals surface area contributed by atoms with Gasteiger partial charge in [-0.05, 0) is 40.5 Å². The van der Waals surface area contributed by atoms with E-state index in [0.29, 0.717) is 16.6 Å². The summed E-state index contributed by atoms with van der Waals surface area (Å²) in [6.45, 7) is 2.59. The van der Waals surface area contributed by atoms with E-state index in [-0.39, 0.29) is 0 Å². The minimum Gasteiger partial charge on any atom is -0.258 e. The Morgan fingerprint density at radius 3 is 2.62 bits per heavy atom. The molecule has 3 aromatic rings. The summed E-state index contributed by atoms with van der Waals surface area (Å²) < 4.78 is 2.82. The third-order valence-corrected chi connectivity index (χ3v) is 4.47. The van der Waals surface area contributed by atoms with Gasteiger partial charge in [0.05, 0.1) is 17.8 Å². The average Bonchev–Trinajstić information content (AvgIpc) is 2.80. The van der Waals surface area contributed by atoms with Crippen molar-refractivity contribution in [2.24, 2.45) is 0 Å². The molecular weight excluding hydrogens is 373 g/mol. The van der Waals surface area contributed by atoms with Crippen LogP contribution in [0.25, 0.3) is 11.0 Å². The van der Waals surface area contributed by atoms with Gasteiger partial charge in [-0.2, -0.15) is 5.10 Å². The molecule has 0 unspecified atom stereocenters. The maximum atomic E-state index is 6.25. The monoisotopic (exact) mass is 383 g/mol. The number of hydrogen-bond donors (Lipinski definition) is 0. The number of hydrogen-bond acceptors (Lipinski definition) is 2. The van der Waals surface area contributed by atoms with Crippen LogP contribution in [0.15, 0.2) is 34.9 Å². The first-order chi connectivity index (χ1) is 10.1. The molecule has 0 aliphatic heterocycles. The normalized spacial score (nSPS) is 11.2. The van der Waals surface area contributed by atoms with Crippen molar-refractivity contribution >= 4 is 50.2 Å². The Kier molecular flexibility index (Phi) is 4.20. The van der Waals surface area contributed by atoms with Crippen LogP contribution in [0, 0.1) is 0 Å². The van der Waals surface area contributed by atoms with Gasteiger partial charge in [-0.25, -0.2) is 0 Å². The predicted octanol–water partition coefficient (Wildman–Crippen LogP) is 5.11. The zero-order valence-corrected chi connectivity index (χ0v) is 14.4. The van der Waals surface area contributed by atoms with Crippen LogP contribution in [0.5, 0.6) is 0 Å². The highest BCUT2D eigenvalue weighted by Gasteiger charge is 2.14. The van der Waals surface area contributed by atoms with Gasteiger partial charge in [0.1, 0.15) is 5.52 Å². The number of nitrogens with zero attached hydrogens (tertiary/aromatic N) is 3. The zero-order valence-electron chi connectivity index (χ0n) is 11.3. The Morgan fingerprint density at radius 1 is 1.24 bits per heavy atom. The highest BCUT2D eigenvalue weighted by Crippen LogP contribution is 2.27. The number of benzene rings is 1. The zero-order chi connectivity index (χ0) is 15.0. The molecule has 3 rings (SSSR count). The van der Waals surface area contributed by atoms with Crippen LogP contribution >= 0.6 is 39.1 Å². The van der Waals surface area contributed by atoms with Crippen molar-refractivity contribution in [3.63, 3.8) is 0 Å². The molecule has 0 saturated carbocycles. The van der Waals surface area contributed by atoms with Gasteiger partial charge in [-0.3, -0.25) is 9.67 Å². The summed E-state index contributed by atoms with van der Waals surface area (Å²) >= 11 is 16.0. The Labute approximate surface area is 141 Å². The van der Waals surface area contributed by atoms with Crippen molar-refractivity contribution in [1.82, 2.24) is 14.8 Å². The molecule has 6 heteroatoms. The van der Waals surface area contributed by atoms with Crippen molar-refractivity contribution in [2.45, 2.75) is 19.9 Å². The molecule has 0 atom stereocenters. The quantitative estimate of drug-likeness (QED) is 0.628. The van der Waals surface area contributed by atoms with Crippen LogP contribution < -0.4 is 0 Å². The fourth-order valence-electron chi connectivity index (χ4n) is 2.29. The Hall–Kier alpha value is -1.10. The van der Waals surface area contributed by atoms with E-state index in [9.17, 15) is 0 Å². The number of aromatic nitrogens is 3. The minimum absolute atomic E-state index is 0.521. The minimum atomic E-state index is 0.521. The highest BCUT2D eigenvalue weighted by atomic mass is 79.9. The lowest BCUT2D eigenvalue weighted by Gasteiger charge is -2.08. The van der Waals surface area contributed by atoms with Crippen LogP contribution in [-0.4, -0.2) is 14.8 Å². The summed E-state index contributed by atoms with van der Waals surface area (Å²) in [5.74, 6) is 0. The van der Waals surface area contributed by atoms with E-state index in [1.165, 1.54) is 0 Å². The third kappa shape index (κ3) is 2.80. The number of fused-ring (bicyclic) bond motifs is 1. The van der Waals surface area contributed by atoms with E-state index >= 15 is 0 Å². The second-order valence-corrected chi connectivity index (χ2v) is 6.41. The molecule has 0 fully saturated rings. The van der Waals surface area contributed by atoms with Crippen molar-refractivity contribution < 1.29 is 0 Å². The smallest absolute Gasteiger partial charge is 0.112 e. The first kappa shape index (κ1) is 14.8. The molecule has 0 aliphatic carbocycles. The van der Waals surface area contributed by atoms with Crippen molar-refractivity contribution in [3.05, 3.63) is 56.2 Å². The lowest BCUT2D eigenvalue weighted by molar-refractivity contribution is 0.696. The van der Waals surface area contributed by atoms with Gasteiger partial charge in [0.2, 0.25) is 0 Å². The second kappa shape index (κ2) is 5.95. The highest BCUT2D eigenvalue weighted by molar-refractivity contribution is 9.10. The molecule has 3 nitrogen and oxygen atoms in total. The Balaban J connectivity index is 2.14. The maximum Gasteiger partial charge on any atom is 0.112 e. The van der Waals surface area contributed by atoms with Gasteiger partial charge in [0.25, 0.3) is 0 Å². The van der Waals surface area contributed by atoms with Gasteiger partial charge >= 0.3 is 0 Å². The van der Waals surface area contributed by atoms with Gasteiger partial charge < -0.3 is 0 Å². The summed E-state index contributed by atoms with van der Waals surface area (Å²) in [5.41, 5.74) is 3.73. The van der Waals surface area contributed by atoms with Crippen LogP contribution in [0.2, 0.25) is 10.0 Å². The number of halogens is 3. The molecule has 21 heavy (non-hydrogen) atoms. The molecule has 2 heterocycles. The van der Waals surface area contributed by atoms with E-state index in [1.807, 2.05) is 28.9 Å². The number of aryl methyl sites for hydroxylation is 1. The van der Waals surface area contributed by atoms with Gasteiger partial charge in [-0.15, -0.1) is 0 Å². The summed E-state index contributed by atoms with van der Waals surface area (Å²) in [5, 5.41) is 5.93. The summed E-state index contributed by atoms with van der Waals surface area (Å²) in [6.07, 6.45) is 2.62. The van der Waals surface area contributed by atoms with E-state index in [4.69, 9.17) is 23.2 Å². The molecule has 0 amide bonds. The lowest BCUT2D eigenvalue weighted by atomic mass is 10.2. The van der Waals surface area contributed by atoms with Crippen LogP contribution in [0.4, 0.5) is 0 Å². The largest absolute Gasteiger partial charge is 0.258 e. The molecule has 0 saturated heterocycles. The fourth-order valence-corrected chi connectivity index (χ4v) is 3.12. The van der Waals surface area contributed by atoms with E-state index in [1.54, 1.807) is 6.20 Å². The number of rotatable bonds is 3. The van der Waals surface area contributed by atoms with E-state index < -0.39 is 0 Å². The molecule has 1 aromatic carbocycles. The molecule has 2 aromatic heterocycles. The second-order valence-electron chi connectivity index (χ2n) is 4.68. The van der Waals surface area contributed by atoms with Crippen LogP contribution in [0.3, 0.4) is 0 Å². The maximum absolute atomic E-state index is 6.25. The molecule has 108 valence electrons. The average molecular weight is 385 g/mol. The molecule has 0 aliphatic rings. The van der Waals surface area contributed by atoms with Crippen LogP contribution in [0.1, 0.15) is 18.2 Å². The van der Waals surface area contributed by atoms with Crippen molar-refractivity contribution in [1.29, 1.82) is 0 Å². The SMILES string of the molecule is CCc1nn(Cc2c(Cl)cccc2Cl)c2cc(Br)cnc12. The predicted molar refractivity (Wildman–Crippen MR) is 90.2 cm³/mol. The Bertz CT molecular complexity index is 794. The van der Waals surface area contributed by atoms with Gasteiger partial charge in [-0.1, -0.05) is 36.2 Å².